The maximum absolute atomic E-state index is 12.2. The molecular formula is C23H24O6. The summed E-state index contributed by atoms with van der Waals surface area (Å²) in [4.78, 5) is 23.5. The highest BCUT2D eigenvalue weighted by atomic mass is 16.5. The average Bonchev–Trinajstić information content (AvgIpc) is 3.37. The van der Waals surface area contributed by atoms with Crippen molar-refractivity contribution >= 4 is 11.8 Å². The molecule has 0 saturated carbocycles. The molecule has 0 aliphatic heterocycles. The molecule has 0 radical (unpaired) electrons. The lowest BCUT2D eigenvalue weighted by atomic mass is 9.87. The molecular weight excluding hydrogens is 372 g/mol. The van der Waals surface area contributed by atoms with Crippen molar-refractivity contribution in [2.45, 2.75) is 39.4 Å². The molecule has 0 spiro atoms. The predicted octanol–water partition coefficient (Wildman–Crippen LogP) is 4.90. The first-order valence-electron chi connectivity index (χ1n) is 9.26. The third kappa shape index (κ3) is 4.66. The van der Waals surface area contributed by atoms with Crippen molar-refractivity contribution in [1.29, 1.82) is 0 Å². The Morgan fingerprint density at radius 1 is 0.828 bits per heavy atom. The van der Waals surface area contributed by atoms with Crippen LogP contribution in [0.1, 0.15) is 64.5 Å². The quantitative estimate of drug-likeness (QED) is 0.398. The Kier molecular flexibility index (Phi) is 6.03. The van der Waals surface area contributed by atoms with Crippen molar-refractivity contribution in [3.8, 4) is 0 Å². The van der Waals surface area contributed by atoms with Crippen LogP contribution in [0.25, 0.3) is 0 Å². The zero-order valence-corrected chi connectivity index (χ0v) is 17.0. The fourth-order valence-corrected chi connectivity index (χ4v) is 2.91. The smallest absolute Gasteiger partial charge is 0.338 e. The lowest BCUT2D eigenvalue weighted by Crippen LogP contribution is -2.17. The second kappa shape index (κ2) is 8.49. The van der Waals surface area contributed by atoms with Gasteiger partial charge in [0.15, 0.2) is 5.78 Å². The summed E-state index contributed by atoms with van der Waals surface area (Å²) in [6.45, 7) is 5.88. The Hall–Kier alpha value is -3.12. The van der Waals surface area contributed by atoms with E-state index in [4.69, 9.17) is 18.3 Å². The van der Waals surface area contributed by atoms with Crippen LogP contribution in [-0.2, 0) is 28.1 Å². The third-order valence-corrected chi connectivity index (χ3v) is 4.71. The summed E-state index contributed by atoms with van der Waals surface area (Å²) in [6, 6.07) is 13.8. The molecule has 0 amide bonds. The summed E-state index contributed by atoms with van der Waals surface area (Å²) >= 11 is 0. The van der Waals surface area contributed by atoms with Gasteiger partial charge < -0.3 is 18.3 Å². The van der Waals surface area contributed by atoms with E-state index in [1.165, 1.54) is 6.92 Å². The summed E-state index contributed by atoms with van der Waals surface area (Å²) in [5.74, 6) is 2.20. The number of rotatable bonds is 8. The van der Waals surface area contributed by atoms with Gasteiger partial charge in [-0.3, -0.25) is 4.79 Å². The lowest BCUT2D eigenvalue weighted by molar-refractivity contribution is 0.0442. The molecule has 2 heterocycles. The summed E-state index contributed by atoms with van der Waals surface area (Å²) < 4.78 is 22.2. The monoisotopic (exact) mass is 396 g/mol. The van der Waals surface area contributed by atoms with E-state index in [0.29, 0.717) is 29.3 Å². The standard InChI is InChI=1S/C23H24O6/c1-15(24)16-5-7-17(8-6-16)22(25)27-14-19-10-12-21(29-19)23(2,3)20-11-9-18(28-20)13-26-4/h5-12H,13-14H2,1-4H3. The topological polar surface area (TPSA) is 78.9 Å². The van der Waals surface area contributed by atoms with Gasteiger partial charge in [0.2, 0.25) is 0 Å². The molecule has 6 nitrogen and oxygen atoms in total. The van der Waals surface area contributed by atoms with Crippen LogP contribution in [0, 0.1) is 0 Å². The van der Waals surface area contributed by atoms with Gasteiger partial charge in [0.25, 0.3) is 0 Å². The molecule has 3 aromatic rings. The Balaban J connectivity index is 1.64. The number of esters is 1. The molecule has 0 aliphatic rings. The summed E-state index contributed by atoms with van der Waals surface area (Å²) in [7, 11) is 1.62. The van der Waals surface area contributed by atoms with Crippen molar-refractivity contribution in [2.75, 3.05) is 7.11 Å². The van der Waals surface area contributed by atoms with Gasteiger partial charge in [0, 0.05) is 12.7 Å². The van der Waals surface area contributed by atoms with Crippen LogP contribution in [0.5, 0.6) is 0 Å². The molecule has 0 saturated heterocycles. The second-order valence-corrected chi connectivity index (χ2v) is 7.30. The molecule has 0 atom stereocenters. The van der Waals surface area contributed by atoms with E-state index < -0.39 is 11.4 Å². The first-order chi connectivity index (χ1) is 13.8. The average molecular weight is 396 g/mol. The van der Waals surface area contributed by atoms with Crippen LogP contribution in [0.3, 0.4) is 0 Å². The van der Waals surface area contributed by atoms with Gasteiger partial charge in [-0.1, -0.05) is 12.1 Å². The van der Waals surface area contributed by atoms with Gasteiger partial charge in [0.1, 0.15) is 36.3 Å². The maximum Gasteiger partial charge on any atom is 0.338 e. The van der Waals surface area contributed by atoms with E-state index in [0.717, 1.165) is 11.5 Å². The van der Waals surface area contributed by atoms with Crippen LogP contribution >= 0.6 is 0 Å². The summed E-state index contributed by atoms with van der Waals surface area (Å²) in [5.41, 5.74) is 0.436. The molecule has 152 valence electrons. The largest absolute Gasteiger partial charge is 0.463 e. The van der Waals surface area contributed by atoms with Crippen LogP contribution in [0.4, 0.5) is 0 Å². The molecule has 29 heavy (non-hydrogen) atoms. The molecule has 1 aromatic carbocycles. The fraction of sp³-hybridized carbons (Fsp3) is 0.304. The van der Waals surface area contributed by atoms with Crippen molar-refractivity contribution < 1.29 is 27.9 Å². The van der Waals surface area contributed by atoms with Gasteiger partial charge >= 0.3 is 5.97 Å². The van der Waals surface area contributed by atoms with E-state index in [2.05, 4.69) is 0 Å². The van der Waals surface area contributed by atoms with Crippen LogP contribution in [0.2, 0.25) is 0 Å². The first-order valence-corrected chi connectivity index (χ1v) is 9.26. The molecule has 0 fully saturated rings. The Morgan fingerprint density at radius 2 is 1.34 bits per heavy atom. The lowest BCUT2D eigenvalue weighted by Gasteiger charge is -2.19. The first kappa shape index (κ1) is 20.6. The van der Waals surface area contributed by atoms with Gasteiger partial charge in [0.05, 0.1) is 11.0 Å². The maximum atomic E-state index is 12.2. The minimum atomic E-state index is -0.489. The summed E-state index contributed by atoms with van der Waals surface area (Å²) in [5, 5.41) is 0. The molecule has 0 unspecified atom stereocenters. The van der Waals surface area contributed by atoms with Crippen LogP contribution in [0.15, 0.2) is 57.4 Å². The van der Waals surface area contributed by atoms with Gasteiger partial charge in [-0.05, 0) is 57.2 Å². The fourth-order valence-electron chi connectivity index (χ4n) is 2.91. The van der Waals surface area contributed by atoms with Gasteiger partial charge in [-0.15, -0.1) is 0 Å². The minimum Gasteiger partial charge on any atom is -0.463 e. The van der Waals surface area contributed by atoms with Crippen LogP contribution < -0.4 is 0 Å². The second-order valence-electron chi connectivity index (χ2n) is 7.30. The van der Waals surface area contributed by atoms with Gasteiger partial charge in [-0.25, -0.2) is 4.79 Å². The number of carbonyl (C=O) groups excluding carboxylic acids is 2. The number of ether oxygens (including phenoxy) is 2. The minimum absolute atomic E-state index is 0.0104. The number of benzene rings is 1. The molecule has 2 aromatic heterocycles. The SMILES string of the molecule is COCc1ccc(C(C)(C)c2ccc(COC(=O)c3ccc(C(C)=O)cc3)o2)o1. The Labute approximate surface area is 169 Å². The van der Waals surface area contributed by atoms with E-state index in [9.17, 15) is 9.59 Å². The van der Waals surface area contributed by atoms with E-state index in [-0.39, 0.29) is 12.4 Å². The van der Waals surface area contributed by atoms with Crippen molar-refractivity contribution in [3.63, 3.8) is 0 Å². The number of Topliss-reactive ketones (excluding diaryl/α,β-unsaturated/α-hetero) is 1. The Morgan fingerprint density at radius 3 is 1.86 bits per heavy atom. The number of hydrogen-bond donors (Lipinski definition) is 0. The number of carbonyl (C=O) groups is 2. The number of hydrogen-bond acceptors (Lipinski definition) is 6. The number of furan rings is 2. The molecule has 6 heteroatoms. The molecule has 0 N–H and O–H groups in total. The van der Waals surface area contributed by atoms with Crippen molar-refractivity contribution in [1.82, 2.24) is 0 Å². The van der Waals surface area contributed by atoms with E-state index in [1.54, 1.807) is 37.4 Å². The van der Waals surface area contributed by atoms with E-state index >= 15 is 0 Å². The predicted molar refractivity (Wildman–Crippen MR) is 106 cm³/mol. The third-order valence-electron chi connectivity index (χ3n) is 4.71. The summed E-state index contributed by atoms with van der Waals surface area (Å²) in [6.07, 6.45) is 0. The van der Waals surface area contributed by atoms with Crippen molar-refractivity contribution in [3.05, 3.63) is 82.7 Å². The van der Waals surface area contributed by atoms with Gasteiger partial charge in [-0.2, -0.15) is 0 Å². The molecule has 0 aliphatic carbocycles. The highest BCUT2D eigenvalue weighted by molar-refractivity contribution is 5.96. The Bertz CT molecular complexity index is 991. The zero-order chi connectivity index (χ0) is 21.0. The number of methoxy groups -OCH3 is 1. The van der Waals surface area contributed by atoms with Crippen molar-refractivity contribution in [2.24, 2.45) is 0 Å². The van der Waals surface area contributed by atoms with Crippen LogP contribution in [-0.4, -0.2) is 18.9 Å². The molecule has 3 rings (SSSR count). The zero-order valence-electron chi connectivity index (χ0n) is 17.0. The normalized spacial score (nSPS) is 11.4. The highest BCUT2D eigenvalue weighted by Crippen LogP contribution is 2.34. The number of ketones is 1. The highest BCUT2D eigenvalue weighted by Gasteiger charge is 2.30. The molecule has 0 bridgehead atoms. The van der Waals surface area contributed by atoms with E-state index in [1.807, 2.05) is 32.0 Å².